The zero-order chi connectivity index (χ0) is 17.9. The molecule has 0 N–H and O–H groups in total. The summed E-state index contributed by atoms with van der Waals surface area (Å²) in [6, 6.07) is 6.81. The molecular formula is C16H17ClN2O4S. The first-order valence-electron chi connectivity index (χ1n) is 7.04. The van der Waals surface area contributed by atoms with Gasteiger partial charge in [-0.15, -0.1) is 0 Å². The van der Waals surface area contributed by atoms with Crippen LogP contribution < -0.4 is 9.64 Å². The van der Waals surface area contributed by atoms with Crippen LogP contribution in [0.15, 0.2) is 24.3 Å². The van der Waals surface area contributed by atoms with E-state index >= 15 is 0 Å². The van der Waals surface area contributed by atoms with E-state index < -0.39 is 11.7 Å². The second kappa shape index (κ2) is 7.19. The molecule has 1 amide bonds. The Balaban J connectivity index is 2.46. The van der Waals surface area contributed by atoms with Crippen LogP contribution in [-0.2, 0) is 4.74 Å². The van der Waals surface area contributed by atoms with Crippen molar-refractivity contribution in [3.05, 3.63) is 34.3 Å². The van der Waals surface area contributed by atoms with Crippen LogP contribution >= 0.6 is 22.9 Å². The highest BCUT2D eigenvalue weighted by Crippen LogP contribution is 2.35. The normalized spacial score (nSPS) is 11.0. The summed E-state index contributed by atoms with van der Waals surface area (Å²) >= 11 is 6.94. The predicted octanol–water partition coefficient (Wildman–Crippen LogP) is 4.69. The number of aromatic nitrogens is 1. The van der Waals surface area contributed by atoms with Crippen LogP contribution in [-0.4, -0.2) is 30.1 Å². The van der Waals surface area contributed by atoms with Gasteiger partial charge in [0.1, 0.15) is 16.2 Å². The van der Waals surface area contributed by atoms with Gasteiger partial charge in [0.15, 0.2) is 11.4 Å². The van der Waals surface area contributed by atoms with Crippen molar-refractivity contribution in [2.24, 2.45) is 0 Å². The number of carbonyl (C=O) groups is 2. The molecule has 2 aromatic rings. The number of ether oxygens (including phenoxy) is 2. The fourth-order valence-corrected chi connectivity index (χ4v) is 2.88. The fourth-order valence-electron chi connectivity index (χ4n) is 1.80. The van der Waals surface area contributed by atoms with E-state index in [1.807, 2.05) is 0 Å². The molecule has 0 bridgehead atoms. The number of benzene rings is 1. The van der Waals surface area contributed by atoms with E-state index in [1.165, 1.54) is 4.90 Å². The Hall–Kier alpha value is -2.12. The highest BCUT2D eigenvalue weighted by atomic mass is 35.5. The maximum atomic E-state index is 12.6. The number of methoxy groups -OCH3 is 1. The van der Waals surface area contributed by atoms with Crippen LogP contribution in [0.25, 0.3) is 0 Å². The zero-order valence-electron chi connectivity index (χ0n) is 13.7. The third-order valence-corrected chi connectivity index (χ3v) is 4.17. The number of halogens is 1. The van der Waals surface area contributed by atoms with Gasteiger partial charge < -0.3 is 9.47 Å². The van der Waals surface area contributed by atoms with Crippen molar-refractivity contribution >= 4 is 46.1 Å². The minimum atomic E-state index is -0.684. The summed E-state index contributed by atoms with van der Waals surface area (Å²) < 4.78 is 10.6. The molecule has 0 radical (unpaired) electrons. The molecule has 6 nitrogen and oxygen atoms in total. The second-order valence-corrected chi connectivity index (χ2v) is 7.15. The molecule has 0 saturated carbocycles. The van der Waals surface area contributed by atoms with Crippen molar-refractivity contribution in [3.63, 3.8) is 0 Å². The summed E-state index contributed by atoms with van der Waals surface area (Å²) in [6.45, 7) is 5.30. The molecule has 1 heterocycles. The lowest BCUT2D eigenvalue weighted by Gasteiger charge is -2.25. The first kappa shape index (κ1) is 18.2. The number of anilines is 2. The number of hydrogen-bond donors (Lipinski definition) is 0. The lowest BCUT2D eigenvalue weighted by atomic mass is 10.2. The lowest BCUT2D eigenvalue weighted by Crippen LogP contribution is -2.33. The van der Waals surface area contributed by atoms with E-state index in [4.69, 9.17) is 21.1 Å². The SMILES string of the molecule is COc1ccc(N(C(=O)OC(C)(C)C)c2nc(Cl)c(C=O)s2)cc1. The number of aldehydes is 1. The van der Waals surface area contributed by atoms with Crippen molar-refractivity contribution in [2.45, 2.75) is 26.4 Å². The molecule has 0 atom stereocenters. The highest BCUT2D eigenvalue weighted by molar-refractivity contribution is 7.18. The summed E-state index contributed by atoms with van der Waals surface area (Å²) in [5, 5.41) is 0.300. The Bertz CT molecular complexity index is 738. The third-order valence-electron chi connectivity index (χ3n) is 2.80. The Labute approximate surface area is 149 Å². The van der Waals surface area contributed by atoms with E-state index in [0.29, 0.717) is 17.7 Å². The van der Waals surface area contributed by atoms with Crippen LogP contribution in [0.3, 0.4) is 0 Å². The van der Waals surface area contributed by atoms with Gasteiger partial charge in [-0.2, -0.15) is 0 Å². The van der Waals surface area contributed by atoms with Gasteiger partial charge in [-0.3, -0.25) is 4.79 Å². The molecule has 1 aromatic heterocycles. The van der Waals surface area contributed by atoms with Gasteiger partial charge in [-0.1, -0.05) is 22.9 Å². The average Bonchev–Trinajstić information content (AvgIpc) is 2.87. The van der Waals surface area contributed by atoms with Gasteiger partial charge in [0.25, 0.3) is 0 Å². The summed E-state index contributed by atoms with van der Waals surface area (Å²) in [5.74, 6) is 0.647. The fraction of sp³-hybridized carbons (Fsp3) is 0.312. The predicted molar refractivity (Wildman–Crippen MR) is 93.9 cm³/mol. The molecular weight excluding hydrogens is 352 g/mol. The Kier molecular flexibility index (Phi) is 5.46. The van der Waals surface area contributed by atoms with Gasteiger partial charge in [0.2, 0.25) is 5.13 Å². The summed E-state index contributed by atoms with van der Waals surface area (Å²) in [7, 11) is 1.55. The molecule has 0 aliphatic rings. The quantitative estimate of drug-likeness (QED) is 0.732. The minimum Gasteiger partial charge on any atom is -0.497 e. The molecule has 0 saturated heterocycles. The average molecular weight is 369 g/mol. The molecule has 24 heavy (non-hydrogen) atoms. The van der Waals surface area contributed by atoms with Gasteiger partial charge in [-0.25, -0.2) is 14.7 Å². The smallest absolute Gasteiger partial charge is 0.421 e. The molecule has 0 fully saturated rings. The Morgan fingerprint density at radius 1 is 1.29 bits per heavy atom. The van der Waals surface area contributed by atoms with Crippen molar-refractivity contribution in [3.8, 4) is 5.75 Å². The summed E-state index contributed by atoms with van der Waals surface area (Å²) in [5.41, 5.74) is -0.163. The summed E-state index contributed by atoms with van der Waals surface area (Å²) in [4.78, 5) is 29.3. The lowest BCUT2D eigenvalue weighted by molar-refractivity contribution is 0.0599. The standard InChI is InChI=1S/C16H17ClN2O4S/c1-16(2,3)23-15(21)19(10-5-7-11(22-4)8-6-10)14-18-13(17)12(9-20)24-14/h5-9H,1-4H3. The molecule has 0 aliphatic heterocycles. The van der Waals surface area contributed by atoms with Crippen molar-refractivity contribution < 1.29 is 19.1 Å². The van der Waals surface area contributed by atoms with Crippen molar-refractivity contribution in [1.82, 2.24) is 4.98 Å². The molecule has 1 aromatic carbocycles. The number of hydrogen-bond acceptors (Lipinski definition) is 6. The monoisotopic (exact) mass is 368 g/mol. The van der Waals surface area contributed by atoms with Gasteiger partial charge in [-0.05, 0) is 45.0 Å². The van der Waals surface area contributed by atoms with Gasteiger partial charge >= 0.3 is 6.09 Å². The number of carbonyl (C=O) groups excluding carboxylic acids is 2. The number of thiazole rings is 1. The Morgan fingerprint density at radius 3 is 2.38 bits per heavy atom. The number of nitrogens with zero attached hydrogens (tertiary/aromatic N) is 2. The van der Waals surface area contributed by atoms with E-state index in [9.17, 15) is 9.59 Å². The van der Waals surface area contributed by atoms with E-state index in [2.05, 4.69) is 4.98 Å². The molecule has 0 spiro atoms. The minimum absolute atomic E-state index is 0.0482. The molecule has 0 aliphatic carbocycles. The topological polar surface area (TPSA) is 68.7 Å². The van der Waals surface area contributed by atoms with Crippen LogP contribution in [0.5, 0.6) is 5.75 Å². The third kappa shape index (κ3) is 4.24. The number of amides is 1. The largest absolute Gasteiger partial charge is 0.497 e. The van der Waals surface area contributed by atoms with E-state index in [1.54, 1.807) is 52.1 Å². The van der Waals surface area contributed by atoms with Crippen LogP contribution in [0.1, 0.15) is 30.4 Å². The van der Waals surface area contributed by atoms with Crippen LogP contribution in [0, 0.1) is 0 Å². The molecule has 128 valence electrons. The highest BCUT2D eigenvalue weighted by Gasteiger charge is 2.28. The molecule has 0 unspecified atom stereocenters. The van der Waals surface area contributed by atoms with Crippen LogP contribution in [0.2, 0.25) is 5.15 Å². The second-order valence-electron chi connectivity index (χ2n) is 5.78. The van der Waals surface area contributed by atoms with Crippen molar-refractivity contribution in [1.29, 1.82) is 0 Å². The zero-order valence-corrected chi connectivity index (χ0v) is 15.3. The first-order valence-corrected chi connectivity index (χ1v) is 8.23. The summed E-state index contributed by atoms with van der Waals surface area (Å²) in [6.07, 6.45) is -0.0133. The van der Waals surface area contributed by atoms with Gasteiger partial charge in [0, 0.05) is 0 Å². The van der Waals surface area contributed by atoms with Gasteiger partial charge in [0.05, 0.1) is 12.8 Å². The van der Waals surface area contributed by atoms with E-state index in [0.717, 1.165) is 11.3 Å². The molecule has 2 rings (SSSR count). The maximum Gasteiger partial charge on any atom is 0.421 e. The Morgan fingerprint density at radius 2 is 1.92 bits per heavy atom. The van der Waals surface area contributed by atoms with Crippen LogP contribution in [0.4, 0.5) is 15.6 Å². The molecule has 8 heteroatoms. The van der Waals surface area contributed by atoms with E-state index in [-0.39, 0.29) is 15.2 Å². The first-order chi connectivity index (χ1) is 11.2. The maximum absolute atomic E-state index is 12.6. The number of rotatable bonds is 4. The van der Waals surface area contributed by atoms with Crippen molar-refractivity contribution in [2.75, 3.05) is 12.0 Å².